The number of hydrogen-bond donors (Lipinski definition) is 2. The molecule has 1 rings (SSSR count). The van der Waals surface area contributed by atoms with Gasteiger partial charge in [0.05, 0.1) is 5.69 Å². The van der Waals surface area contributed by atoms with E-state index < -0.39 is 0 Å². The van der Waals surface area contributed by atoms with Crippen LogP contribution < -0.4 is 10.6 Å². The predicted octanol–water partition coefficient (Wildman–Crippen LogP) is 0.754. The third kappa shape index (κ3) is 4.03. The molecule has 0 amide bonds. The maximum atomic E-state index is 7.50. The summed E-state index contributed by atoms with van der Waals surface area (Å²) in [6.45, 7) is 1.96. The van der Waals surface area contributed by atoms with Gasteiger partial charge in [-0.1, -0.05) is 0 Å². The van der Waals surface area contributed by atoms with Gasteiger partial charge in [0, 0.05) is 19.8 Å². The number of anilines is 1. The minimum atomic E-state index is 0.0139. The quantitative estimate of drug-likeness (QED) is 0.564. The highest BCUT2D eigenvalue weighted by atomic mass is 15.1. The summed E-state index contributed by atoms with van der Waals surface area (Å²) < 4.78 is 0. The largest absolute Gasteiger partial charge is 0.382 e. The van der Waals surface area contributed by atoms with E-state index >= 15 is 0 Å². The molecule has 0 fully saturated rings. The average molecular weight is 235 g/mol. The normalized spacial score (nSPS) is 10.6. The van der Waals surface area contributed by atoms with Gasteiger partial charge in [-0.05, 0) is 39.2 Å². The molecule has 1 aromatic rings. The van der Waals surface area contributed by atoms with Gasteiger partial charge in [-0.2, -0.15) is 0 Å². The maximum Gasteiger partial charge on any atom is 0.143 e. The zero-order valence-electron chi connectivity index (χ0n) is 10.8. The zero-order valence-corrected chi connectivity index (χ0v) is 10.8. The number of nitrogens with two attached hydrogens (primary N) is 1. The summed E-state index contributed by atoms with van der Waals surface area (Å²) in [5.41, 5.74) is 6.99. The van der Waals surface area contributed by atoms with Crippen molar-refractivity contribution in [2.45, 2.75) is 6.42 Å². The number of nitrogens with zero attached hydrogens (tertiary/aromatic N) is 3. The van der Waals surface area contributed by atoms with Crippen molar-refractivity contribution in [2.75, 3.05) is 39.1 Å². The Morgan fingerprint density at radius 3 is 2.65 bits per heavy atom. The highest BCUT2D eigenvalue weighted by Crippen LogP contribution is 2.16. The van der Waals surface area contributed by atoms with Crippen LogP contribution in [0.4, 0.5) is 5.69 Å². The minimum Gasteiger partial charge on any atom is -0.382 e. The van der Waals surface area contributed by atoms with Crippen LogP contribution in [0.25, 0.3) is 0 Å². The lowest BCUT2D eigenvalue weighted by Crippen LogP contribution is -2.26. The van der Waals surface area contributed by atoms with Gasteiger partial charge in [-0.3, -0.25) is 10.4 Å². The summed E-state index contributed by atoms with van der Waals surface area (Å²) in [4.78, 5) is 8.39. The molecule has 1 aromatic heterocycles. The molecule has 0 bridgehead atoms. The smallest absolute Gasteiger partial charge is 0.143 e. The van der Waals surface area contributed by atoms with E-state index in [0.29, 0.717) is 5.69 Å². The van der Waals surface area contributed by atoms with Gasteiger partial charge in [-0.15, -0.1) is 0 Å². The van der Waals surface area contributed by atoms with Crippen molar-refractivity contribution in [2.24, 2.45) is 5.73 Å². The van der Waals surface area contributed by atoms with E-state index in [1.54, 1.807) is 6.20 Å². The van der Waals surface area contributed by atoms with E-state index in [1.165, 1.54) is 0 Å². The van der Waals surface area contributed by atoms with Crippen LogP contribution in [0.2, 0.25) is 0 Å². The Labute approximate surface area is 103 Å². The lowest BCUT2D eigenvalue weighted by atomic mass is 10.2. The summed E-state index contributed by atoms with van der Waals surface area (Å²) in [6, 6.07) is 3.81. The first kappa shape index (κ1) is 13.4. The molecule has 0 atom stereocenters. The average Bonchev–Trinajstić information content (AvgIpc) is 2.28. The van der Waals surface area contributed by atoms with E-state index in [0.717, 1.165) is 25.2 Å². The SMILES string of the molecule is CN(C)CCCN(C)c1cccnc1C(=N)N. The molecule has 0 saturated heterocycles. The highest BCUT2D eigenvalue weighted by molar-refractivity contribution is 5.98. The lowest BCUT2D eigenvalue weighted by Gasteiger charge is -2.22. The van der Waals surface area contributed by atoms with Crippen molar-refractivity contribution in [3.63, 3.8) is 0 Å². The van der Waals surface area contributed by atoms with Crippen LogP contribution in [0.15, 0.2) is 18.3 Å². The first-order valence-electron chi connectivity index (χ1n) is 5.67. The zero-order chi connectivity index (χ0) is 12.8. The van der Waals surface area contributed by atoms with E-state index in [2.05, 4.69) is 28.9 Å². The molecule has 17 heavy (non-hydrogen) atoms. The Kier molecular flexibility index (Phi) is 4.90. The first-order chi connectivity index (χ1) is 8.02. The van der Waals surface area contributed by atoms with Gasteiger partial charge < -0.3 is 15.5 Å². The Balaban J connectivity index is 2.68. The first-order valence-corrected chi connectivity index (χ1v) is 5.67. The van der Waals surface area contributed by atoms with Crippen LogP contribution in [0.5, 0.6) is 0 Å². The van der Waals surface area contributed by atoms with Gasteiger partial charge in [0.25, 0.3) is 0 Å². The van der Waals surface area contributed by atoms with Gasteiger partial charge in [0.15, 0.2) is 0 Å². The maximum absolute atomic E-state index is 7.50. The van der Waals surface area contributed by atoms with Crippen LogP contribution in [0.3, 0.4) is 0 Å². The van der Waals surface area contributed by atoms with Gasteiger partial charge >= 0.3 is 0 Å². The van der Waals surface area contributed by atoms with Gasteiger partial charge in [0.1, 0.15) is 11.5 Å². The fraction of sp³-hybridized carbons (Fsp3) is 0.500. The van der Waals surface area contributed by atoms with Crippen LogP contribution in [-0.4, -0.2) is 50.0 Å². The molecular weight excluding hydrogens is 214 g/mol. The number of amidine groups is 1. The van der Waals surface area contributed by atoms with Crippen molar-refractivity contribution in [3.05, 3.63) is 24.0 Å². The molecule has 5 heteroatoms. The monoisotopic (exact) mass is 235 g/mol. The molecule has 0 aromatic carbocycles. The molecule has 0 aliphatic rings. The molecule has 0 saturated carbocycles. The molecule has 1 heterocycles. The second-order valence-electron chi connectivity index (χ2n) is 4.36. The molecule has 0 radical (unpaired) electrons. The molecule has 5 nitrogen and oxygen atoms in total. The summed E-state index contributed by atoms with van der Waals surface area (Å²) in [5.74, 6) is 0.0139. The summed E-state index contributed by atoms with van der Waals surface area (Å²) in [5, 5.41) is 7.50. The van der Waals surface area contributed by atoms with Crippen molar-refractivity contribution in [1.29, 1.82) is 5.41 Å². The number of aromatic nitrogens is 1. The summed E-state index contributed by atoms with van der Waals surface area (Å²) in [6.07, 6.45) is 2.73. The number of pyridine rings is 1. The van der Waals surface area contributed by atoms with Crippen LogP contribution in [0, 0.1) is 5.41 Å². The van der Waals surface area contributed by atoms with Gasteiger partial charge in [-0.25, -0.2) is 0 Å². The van der Waals surface area contributed by atoms with Gasteiger partial charge in [0.2, 0.25) is 0 Å². The molecule has 0 aliphatic heterocycles. The van der Waals surface area contributed by atoms with Crippen molar-refractivity contribution >= 4 is 11.5 Å². The minimum absolute atomic E-state index is 0.0139. The molecule has 3 N–H and O–H groups in total. The van der Waals surface area contributed by atoms with Crippen molar-refractivity contribution in [1.82, 2.24) is 9.88 Å². The Morgan fingerprint density at radius 1 is 1.35 bits per heavy atom. The molecule has 0 unspecified atom stereocenters. The fourth-order valence-corrected chi connectivity index (χ4v) is 1.66. The summed E-state index contributed by atoms with van der Waals surface area (Å²) >= 11 is 0. The van der Waals surface area contributed by atoms with E-state index in [9.17, 15) is 0 Å². The van der Waals surface area contributed by atoms with Crippen LogP contribution in [0.1, 0.15) is 12.1 Å². The lowest BCUT2D eigenvalue weighted by molar-refractivity contribution is 0.401. The standard InChI is InChI=1S/C12H21N5/c1-16(2)8-5-9-17(3)10-6-4-7-15-11(10)12(13)14/h4,6-7H,5,8-9H2,1-3H3,(H3,13,14). The number of rotatable bonds is 6. The van der Waals surface area contributed by atoms with Crippen molar-refractivity contribution in [3.8, 4) is 0 Å². The molecule has 0 aliphatic carbocycles. The number of hydrogen-bond acceptors (Lipinski definition) is 4. The Morgan fingerprint density at radius 2 is 2.06 bits per heavy atom. The Bertz CT molecular complexity index is 375. The second kappa shape index (κ2) is 6.20. The number of nitrogen functional groups attached to an aromatic ring is 1. The van der Waals surface area contributed by atoms with Crippen LogP contribution in [-0.2, 0) is 0 Å². The van der Waals surface area contributed by atoms with Crippen molar-refractivity contribution < 1.29 is 0 Å². The number of nitrogens with one attached hydrogen (secondary N) is 1. The molecule has 0 spiro atoms. The summed E-state index contributed by atoms with van der Waals surface area (Å²) in [7, 11) is 6.12. The van der Waals surface area contributed by atoms with E-state index in [4.69, 9.17) is 11.1 Å². The Hall–Kier alpha value is -1.62. The van der Waals surface area contributed by atoms with E-state index in [1.807, 2.05) is 19.2 Å². The topological polar surface area (TPSA) is 69.2 Å². The second-order valence-corrected chi connectivity index (χ2v) is 4.36. The molecule has 94 valence electrons. The van der Waals surface area contributed by atoms with Crippen LogP contribution >= 0.6 is 0 Å². The van der Waals surface area contributed by atoms with E-state index in [-0.39, 0.29) is 5.84 Å². The third-order valence-electron chi connectivity index (χ3n) is 2.55. The predicted molar refractivity (Wildman–Crippen MR) is 71.7 cm³/mol. The fourth-order valence-electron chi connectivity index (χ4n) is 1.66. The highest BCUT2D eigenvalue weighted by Gasteiger charge is 2.10. The molecular formula is C12H21N5. The third-order valence-corrected chi connectivity index (χ3v) is 2.55.